The number of hydrogen-bond acceptors (Lipinski definition) is 3. The molecule has 0 aliphatic carbocycles. The second-order valence-corrected chi connectivity index (χ2v) is 6.64. The van der Waals surface area contributed by atoms with Gasteiger partial charge >= 0.3 is 0 Å². The molecule has 0 saturated carbocycles. The van der Waals surface area contributed by atoms with Crippen molar-refractivity contribution in [3.05, 3.63) is 65.5 Å². The van der Waals surface area contributed by atoms with Crippen LogP contribution in [-0.4, -0.2) is 24.9 Å². The standard InChI is InChI=1S/C21H26FN3O2/c1-4-23-21(27)16-6-5-7-18(12-16)25-19(26)13-24-20(14(2)3)15-8-10-17(22)11-9-15/h5-12,14,20,24H,4,13H2,1-3H3,(H,23,27)(H,25,26)/t20-/m1/s1. The second-order valence-electron chi connectivity index (χ2n) is 6.64. The van der Waals surface area contributed by atoms with Crippen LogP contribution in [0.25, 0.3) is 0 Å². The van der Waals surface area contributed by atoms with Gasteiger partial charge in [-0.1, -0.05) is 32.0 Å². The predicted molar refractivity (Wildman–Crippen MR) is 105 cm³/mol. The Labute approximate surface area is 159 Å². The molecule has 144 valence electrons. The number of hydrogen-bond donors (Lipinski definition) is 3. The Morgan fingerprint density at radius 3 is 2.41 bits per heavy atom. The maximum Gasteiger partial charge on any atom is 0.251 e. The Hall–Kier alpha value is -2.73. The van der Waals surface area contributed by atoms with Gasteiger partial charge in [0.05, 0.1) is 6.54 Å². The Kier molecular flexibility index (Phi) is 7.49. The summed E-state index contributed by atoms with van der Waals surface area (Å²) in [7, 11) is 0. The highest BCUT2D eigenvalue weighted by Crippen LogP contribution is 2.21. The molecule has 27 heavy (non-hydrogen) atoms. The van der Waals surface area contributed by atoms with E-state index in [9.17, 15) is 14.0 Å². The molecule has 0 fully saturated rings. The molecule has 2 aromatic rings. The third kappa shape index (κ3) is 6.18. The van der Waals surface area contributed by atoms with E-state index in [0.717, 1.165) is 5.56 Å². The lowest BCUT2D eigenvalue weighted by Gasteiger charge is -2.23. The third-order valence-electron chi connectivity index (χ3n) is 4.12. The first-order valence-electron chi connectivity index (χ1n) is 9.07. The van der Waals surface area contributed by atoms with Crippen molar-refractivity contribution in [3.8, 4) is 0 Å². The minimum Gasteiger partial charge on any atom is -0.352 e. The molecule has 5 nitrogen and oxygen atoms in total. The zero-order valence-corrected chi connectivity index (χ0v) is 15.9. The number of anilines is 1. The van der Waals surface area contributed by atoms with Gasteiger partial charge in [-0.3, -0.25) is 9.59 Å². The summed E-state index contributed by atoms with van der Waals surface area (Å²) < 4.78 is 13.1. The summed E-state index contributed by atoms with van der Waals surface area (Å²) in [6, 6.07) is 13.0. The molecule has 1 atom stereocenters. The molecule has 0 radical (unpaired) electrons. The van der Waals surface area contributed by atoms with Crippen LogP contribution in [0.5, 0.6) is 0 Å². The molecule has 2 amide bonds. The van der Waals surface area contributed by atoms with Crippen molar-refractivity contribution < 1.29 is 14.0 Å². The van der Waals surface area contributed by atoms with Crippen LogP contribution in [0.1, 0.15) is 42.7 Å². The normalized spacial score (nSPS) is 11.9. The van der Waals surface area contributed by atoms with Crippen molar-refractivity contribution in [2.45, 2.75) is 26.8 Å². The second kappa shape index (κ2) is 9.83. The van der Waals surface area contributed by atoms with Crippen LogP contribution in [0.3, 0.4) is 0 Å². The summed E-state index contributed by atoms with van der Waals surface area (Å²) in [4.78, 5) is 24.2. The summed E-state index contributed by atoms with van der Waals surface area (Å²) >= 11 is 0. The first kappa shape index (κ1) is 20.6. The summed E-state index contributed by atoms with van der Waals surface area (Å²) in [5.74, 6) is -0.450. The van der Waals surface area contributed by atoms with Gasteiger partial charge in [0.2, 0.25) is 5.91 Å². The zero-order chi connectivity index (χ0) is 19.8. The smallest absolute Gasteiger partial charge is 0.251 e. The Bertz CT molecular complexity index is 775. The van der Waals surface area contributed by atoms with Crippen LogP contribution >= 0.6 is 0 Å². The lowest BCUT2D eigenvalue weighted by molar-refractivity contribution is -0.115. The fourth-order valence-electron chi connectivity index (χ4n) is 2.82. The number of benzene rings is 2. The van der Waals surface area contributed by atoms with E-state index in [1.807, 2.05) is 20.8 Å². The van der Waals surface area contributed by atoms with Gasteiger partial charge in [-0.25, -0.2) is 4.39 Å². The van der Waals surface area contributed by atoms with Gasteiger partial charge in [0.25, 0.3) is 5.91 Å². The molecule has 0 spiro atoms. The van der Waals surface area contributed by atoms with Crippen molar-refractivity contribution in [1.29, 1.82) is 0 Å². The minimum absolute atomic E-state index is 0.0713. The highest BCUT2D eigenvalue weighted by molar-refractivity contribution is 5.97. The van der Waals surface area contributed by atoms with Gasteiger partial charge in [-0.2, -0.15) is 0 Å². The van der Waals surface area contributed by atoms with Gasteiger partial charge in [-0.15, -0.1) is 0 Å². The molecule has 0 aliphatic heterocycles. The summed E-state index contributed by atoms with van der Waals surface area (Å²) in [6.45, 7) is 6.57. The van der Waals surface area contributed by atoms with E-state index >= 15 is 0 Å². The first-order valence-corrected chi connectivity index (χ1v) is 9.07. The van der Waals surface area contributed by atoms with Gasteiger partial charge < -0.3 is 16.0 Å². The summed E-state index contributed by atoms with van der Waals surface area (Å²) in [6.07, 6.45) is 0. The topological polar surface area (TPSA) is 70.2 Å². The van der Waals surface area contributed by atoms with E-state index in [4.69, 9.17) is 0 Å². The lowest BCUT2D eigenvalue weighted by atomic mass is 9.96. The van der Waals surface area contributed by atoms with Crippen LogP contribution < -0.4 is 16.0 Å². The van der Waals surface area contributed by atoms with Crippen LogP contribution in [0.4, 0.5) is 10.1 Å². The van der Waals surface area contributed by atoms with Crippen molar-refractivity contribution >= 4 is 17.5 Å². The number of nitrogens with one attached hydrogen (secondary N) is 3. The van der Waals surface area contributed by atoms with Crippen molar-refractivity contribution in [2.24, 2.45) is 5.92 Å². The van der Waals surface area contributed by atoms with Crippen LogP contribution in [0, 0.1) is 11.7 Å². The summed E-state index contributed by atoms with van der Waals surface area (Å²) in [5.41, 5.74) is 1.99. The number of carbonyl (C=O) groups is 2. The fraction of sp³-hybridized carbons (Fsp3) is 0.333. The lowest BCUT2D eigenvalue weighted by Crippen LogP contribution is -2.33. The van der Waals surface area contributed by atoms with E-state index in [2.05, 4.69) is 16.0 Å². The molecule has 6 heteroatoms. The van der Waals surface area contributed by atoms with Gasteiger partial charge in [0.15, 0.2) is 0 Å². The molecule has 3 N–H and O–H groups in total. The SMILES string of the molecule is CCNC(=O)c1cccc(NC(=O)CN[C@@H](c2ccc(F)cc2)C(C)C)c1. The Balaban J connectivity index is 1.97. The van der Waals surface area contributed by atoms with Crippen molar-refractivity contribution in [1.82, 2.24) is 10.6 Å². The molecule has 0 unspecified atom stereocenters. The van der Waals surface area contributed by atoms with Crippen LogP contribution in [-0.2, 0) is 4.79 Å². The molecular formula is C21H26FN3O2. The van der Waals surface area contributed by atoms with Gasteiger partial charge in [-0.05, 0) is 48.7 Å². The van der Waals surface area contributed by atoms with E-state index in [0.29, 0.717) is 17.8 Å². The zero-order valence-electron chi connectivity index (χ0n) is 15.9. The molecule has 0 bridgehead atoms. The van der Waals surface area contributed by atoms with Crippen LogP contribution in [0.15, 0.2) is 48.5 Å². The van der Waals surface area contributed by atoms with Crippen molar-refractivity contribution in [3.63, 3.8) is 0 Å². The number of amides is 2. The van der Waals surface area contributed by atoms with E-state index in [1.165, 1.54) is 12.1 Å². The minimum atomic E-state index is -0.286. The monoisotopic (exact) mass is 371 g/mol. The maximum absolute atomic E-state index is 13.1. The molecule has 2 rings (SSSR count). The number of carbonyl (C=O) groups excluding carboxylic acids is 2. The van der Waals surface area contributed by atoms with E-state index in [-0.39, 0.29) is 36.1 Å². The third-order valence-corrected chi connectivity index (χ3v) is 4.12. The van der Waals surface area contributed by atoms with Gasteiger partial charge in [0.1, 0.15) is 5.82 Å². The van der Waals surface area contributed by atoms with Crippen LogP contribution in [0.2, 0.25) is 0 Å². The quantitative estimate of drug-likeness (QED) is 0.665. The fourth-order valence-corrected chi connectivity index (χ4v) is 2.82. The molecule has 2 aromatic carbocycles. The average molecular weight is 371 g/mol. The highest BCUT2D eigenvalue weighted by atomic mass is 19.1. The molecule has 0 aliphatic rings. The largest absolute Gasteiger partial charge is 0.352 e. The average Bonchev–Trinajstić information content (AvgIpc) is 2.63. The molecule has 0 aromatic heterocycles. The van der Waals surface area contributed by atoms with E-state index < -0.39 is 0 Å². The summed E-state index contributed by atoms with van der Waals surface area (Å²) in [5, 5.41) is 8.74. The van der Waals surface area contributed by atoms with Crippen molar-refractivity contribution in [2.75, 3.05) is 18.4 Å². The van der Waals surface area contributed by atoms with Gasteiger partial charge in [0, 0.05) is 23.8 Å². The Morgan fingerprint density at radius 2 is 1.78 bits per heavy atom. The molecule has 0 saturated heterocycles. The Morgan fingerprint density at radius 1 is 1.07 bits per heavy atom. The number of rotatable bonds is 8. The predicted octanol–water partition coefficient (Wildman–Crippen LogP) is 3.50. The maximum atomic E-state index is 13.1. The highest BCUT2D eigenvalue weighted by Gasteiger charge is 2.17. The number of halogens is 1. The van der Waals surface area contributed by atoms with E-state index in [1.54, 1.807) is 36.4 Å². The molecular weight excluding hydrogens is 345 g/mol. The first-order chi connectivity index (χ1) is 12.9. The molecule has 0 heterocycles.